The Hall–Kier alpha value is -1.77. The SMILES string of the molecule is Cn1cc(O)nc1C1(c2ccccc2)CCCC1. The number of nitrogens with zero attached hydrogens (tertiary/aromatic N) is 2. The molecule has 3 rings (SSSR count). The zero-order chi connectivity index (χ0) is 12.6. The molecule has 1 fully saturated rings. The van der Waals surface area contributed by atoms with Crippen LogP contribution in [0.25, 0.3) is 0 Å². The standard InChI is InChI=1S/C15H18N2O/c1-17-11-13(18)16-14(17)15(9-5-6-10-15)12-7-3-2-4-8-12/h2-4,7-8,11,18H,5-6,9-10H2,1H3. The first-order valence-corrected chi connectivity index (χ1v) is 6.51. The maximum Gasteiger partial charge on any atom is 0.229 e. The monoisotopic (exact) mass is 242 g/mol. The molecule has 3 heteroatoms. The first-order chi connectivity index (χ1) is 8.72. The molecule has 1 aromatic carbocycles. The summed E-state index contributed by atoms with van der Waals surface area (Å²) in [5.41, 5.74) is 1.30. The Morgan fingerprint density at radius 2 is 1.83 bits per heavy atom. The smallest absolute Gasteiger partial charge is 0.229 e. The summed E-state index contributed by atoms with van der Waals surface area (Å²) in [4.78, 5) is 4.36. The van der Waals surface area contributed by atoms with Crippen molar-refractivity contribution in [3.63, 3.8) is 0 Å². The average Bonchev–Trinajstić information content (AvgIpc) is 2.98. The minimum absolute atomic E-state index is 0.0169. The fraction of sp³-hybridized carbons (Fsp3) is 0.400. The highest BCUT2D eigenvalue weighted by molar-refractivity contribution is 5.35. The summed E-state index contributed by atoms with van der Waals surface area (Å²) in [6.45, 7) is 0. The quantitative estimate of drug-likeness (QED) is 0.879. The number of hydrogen-bond acceptors (Lipinski definition) is 2. The second-order valence-corrected chi connectivity index (χ2v) is 5.19. The van der Waals surface area contributed by atoms with Gasteiger partial charge in [0.15, 0.2) is 0 Å². The van der Waals surface area contributed by atoms with E-state index < -0.39 is 0 Å². The number of benzene rings is 1. The Morgan fingerprint density at radius 3 is 2.39 bits per heavy atom. The lowest BCUT2D eigenvalue weighted by atomic mass is 9.78. The third kappa shape index (κ3) is 1.62. The van der Waals surface area contributed by atoms with E-state index in [4.69, 9.17) is 0 Å². The Kier molecular flexibility index (Phi) is 2.62. The summed E-state index contributed by atoms with van der Waals surface area (Å²) in [7, 11) is 1.96. The topological polar surface area (TPSA) is 38.0 Å². The summed E-state index contributed by atoms with van der Waals surface area (Å²) in [5, 5.41) is 9.62. The van der Waals surface area contributed by atoms with Crippen molar-refractivity contribution in [1.82, 2.24) is 9.55 Å². The van der Waals surface area contributed by atoms with E-state index in [9.17, 15) is 5.11 Å². The van der Waals surface area contributed by atoms with Crippen LogP contribution in [-0.4, -0.2) is 14.7 Å². The van der Waals surface area contributed by atoms with Crippen molar-refractivity contribution >= 4 is 0 Å². The van der Waals surface area contributed by atoms with Crippen LogP contribution in [0.1, 0.15) is 37.1 Å². The largest absolute Gasteiger partial charge is 0.492 e. The number of aromatic nitrogens is 2. The van der Waals surface area contributed by atoms with E-state index in [1.165, 1.54) is 18.4 Å². The number of aromatic hydroxyl groups is 1. The van der Waals surface area contributed by atoms with Crippen molar-refractivity contribution in [2.24, 2.45) is 7.05 Å². The van der Waals surface area contributed by atoms with Crippen molar-refractivity contribution in [2.45, 2.75) is 31.1 Å². The van der Waals surface area contributed by atoms with Crippen LogP contribution in [0.4, 0.5) is 0 Å². The summed E-state index contributed by atoms with van der Waals surface area (Å²) in [6, 6.07) is 10.6. The van der Waals surface area contributed by atoms with E-state index in [1.54, 1.807) is 6.20 Å². The highest BCUT2D eigenvalue weighted by Gasteiger charge is 2.40. The molecule has 0 spiro atoms. The number of rotatable bonds is 2. The predicted octanol–water partition coefficient (Wildman–Crippen LogP) is 2.99. The second-order valence-electron chi connectivity index (χ2n) is 5.19. The predicted molar refractivity (Wildman–Crippen MR) is 70.6 cm³/mol. The van der Waals surface area contributed by atoms with Crippen LogP contribution < -0.4 is 0 Å². The van der Waals surface area contributed by atoms with Gasteiger partial charge in [0, 0.05) is 7.05 Å². The maximum absolute atomic E-state index is 9.62. The summed E-state index contributed by atoms with van der Waals surface area (Å²) in [5.74, 6) is 1.11. The van der Waals surface area contributed by atoms with Crippen LogP contribution >= 0.6 is 0 Å². The Morgan fingerprint density at radius 1 is 1.17 bits per heavy atom. The molecule has 3 nitrogen and oxygen atoms in total. The lowest BCUT2D eigenvalue weighted by molar-refractivity contribution is 0.445. The zero-order valence-corrected chi connectivity index (χ0v) is 10.6. The number of hydrogen-bond donors (Lipinski definition) is 1. The van der Waals surface area contributed by atoms with Gasteiger partial charge in [-0.25, -0.2) is 0 Å². The first-order valence-electron chi connectivity index (χ1n) is 6.51. The third-order valence-electron chi connectivity index (χ3n) is 4.08. The minimum atomic E-state index is -0.0169. The molecule has 1 aromatic heterocycles. The van der Waals surface area contributed by atoms with Crippen molar-refractivity contribution in [2.75, 3.05) is 0 Å². The Bertz CT molecular complexity index is 539. The van der Waals surface area contributed by atoms with Gasteiger partial charge >= 0.3 is 0 Å². The van der Waals surface area contributed by atoms with Crippen LogP contribution in [0.3, 0.4) is 0 Å². The Labute approximate surface area is 107 Å². The number of imidazole rings is 1. The van der Waals surface area contributed by atoms with Crippen molar-refractivity contribution < 1.29 is 5.11 Å². The highest BCUT2D eigenvalue weighted by atomic mass is 16.3. The van der Waals surface area contributed by atoms with Gasteiger partial charge in [-0.2, -0.15) is 4.98 Å². The zero-order valence-electron chi connectivity index (χ0n) is 10.6. The Balaban J connectivity index is 2.16. The lowest BCUT2D eigenvalue weighted by Gasteiger charge is -2.28. The minimum Gasteiger partial charge on any atom is -0.492 e. The van der Waals surface area contributed by atoms with E-state index in [-0.39, 0.29) is 11.3 Å². The molecule has 0 radical (unpaired) electrons. The van der Waals surface area contributed by atoms with Gasteiger partial charge in [0.25, 0.3) is 0 Å². The first kappa shape index (κ1) is 11.3. The summed E-state index contributed by atoms with van der Waals surface area (Å²) in [6.07, 6.45) is 6.37. The molecule has 1 N–H and O–H groups in total. The van der Waals surface area contributed by atoms with Crippen molar-refractivity contribution in [3.05, 3.63) is 47.9 Å². The summed E-state index contributed by atoms with van der Waals surface area (Å²) < 4.78 is 1.97. The van der Waals surface area contributed by atoms with Gasteiger partial charge in [-0.3, -0.25) is 0 Å². The molecule has 0 aliphatic heterocycles. The fourth-order valence-electron chi connectivity index (χ4n) is 3.27. The molecule has 18 heavy (non-hydrogen) atoms. The average molecular weight is 242 g/mol. The van der Waals surface area contributed by atoms with E-state index in [2.05, 4.69) is 29.2 Å². The maximum atomic E-state index is 9.62. The number of aryl methyl sites for hydroxylation is 1. The van der Waals surface area contributed by atoms with Crippen LogP contribution in [0.5, 0.6) is 5.88 Å². The van der Waals surface area contributed by atoms with Gasteiger partial charge in [-0.1, -0.05) is 43.2 Å². The van der Waals surface area contributed by atoms with Crippen molar-refractivity contribution in [1.29, 1.82) is 0 Å². The normalized spacial score (nSPS) is 18.1. The highest BCUT2D eigenvalue weighted by Crippen LogP contribution is 2.45. The van der Waals surface area contributed by atoms with Gasteiger partial charge in [-0.05, 0) is 18.4 Å². The molecular formula is C15H18N2O. The van der Waals surface area contributed by atoms with Crippen molar-refractivity contribution in [3.8, 4) is 5.88 Å². The van der Waals surface area contributed by atoms with Crippen LogP contribution in [0, 0.1) is 0 Å². The molecule has 0 unspecified atom stereocenters. The van der Waals surface area contributed by atoms with Gasteiger partial charge in [0.05, 0.1) is 11.6 Å². The van der Waals surface area contributed by atoms with E-state index >= 15 is 0 Å². The van der Waals surface area contributed by atoms with E-state index in [1.807, 2.05) is 17.7 Å². The summed E-state index contributed by atoms with van der Waals surface area (Å²) >= 11 is 0. The van der Waals surface area contributed by atoms with Gasteiger partial charge in [-0.15, -0.1) is 0 Å². The molecule has 0 atom stereocenters. The van der Waals surface area contributed by atoms with Gasteiger partial charge in [0.2, 0.25) is 5.88 Å². The van der Waals surface area contributed by atoms with E-state index in [0.29, 0.717) is 0 Å². The molecule has 1 aliphatic carbocycles. The molecule has 94 valence electrons. The lowest BCUT2D eigenvalue weighted by Crippen LogP contribution is -2.27. The molecule has 1 saturated carbocycles. The van der Waals surface area contributed by atoms with Gasteiger partial charge < -0.3 is 9.67 Å². The van der Waals surface area contributed by atoms with E-state index in [0.717, 1.165) is 18.7 Å². The molecule has 0 saturated heterocycles. The van der Waals surface area contributed by atoms with Crippen LogP contribution in [0.15, 0.2) is 36.5 Å². The fourth-order valence-corrected chi connectivity index (χ4v) is 3.27. The van der Waals surface area contributed by atoms with Crippen LogP contribution in [-0.2, 0) is 12.5 Å². The van der Waals surface area contributed by atoms with Gasteiger partial charge in [0.1, 0.15) is 5.82 Å². The van der Waals surface area contributed by atoms with Crippen LogP contribution in [0.2, 0.25) is 0 Å². The second kappa shape index (κ2) is 4.16. The third-order valence-corrected chi connectivity index (χ3v) is 4.08. The molecule has 0 amide bonds. The molecule has 2 aromatic rings. The molecule has 1 heterocycles. The molecule has 0 bridgehead atoms. The molecule has 1 aliphatic rings. The molecular weight excluding hydrogens is 224 g/mol.